The summed E-state index contributed by atoms with van der Waals surface area (Å²) in [5.41, 5.74) is 1.59. The Bertz CT molecular complexity index is 1350. The van der Waals surface area contributed by atoms with Gasteiger partial charge in [-0.1, -0.05) is 43.0 Å². The van der Waals surface area contributed by atoms with Crippen LogP contribution < -0.4 is 15.6 Å². The Kier molecular flexibility index (Phi) is 4.97. The predicted molar refractivity (Wildman–Crippen MR) is 116 cm³/mol. The van der Waals surface area contributed by atoms with Gasteiger partial charge in [-0.2, -0.15) is 10.2 Å². The van der Waals surface area contributed by atoms with Gasteiger partial charge in [-0.05, 0) is 24.3 Å². The average Bonchev–Trinajstić information content (AvgIpc) is 2.79. The van der Waals surface area contributed by atoms with E-state index in [9.17, 15) is 10.1 Å². The molecule has 0 unspecified atom stereocenters. The molecule has 0 aliphatic rings. The molecule has 7 nitrogen and oxygen atoms in total. The van der Waals surface area contributed by atoms with Crippen molar-refractivity contribution in [3.63, 3.8) is 0 Å². The van der Waals surface area contributed by atoms with Crippen molar-refractivity contribution in [3.05, 3.63) is 88.9 Å². The van der Waals surface area contributed by atoms with E-state index in [2.05, 4.69) is 21.9 Å². The Hall–Kier alpha value is -4.44. The smallest absolute Gasteiger partial charge is 0.275 e. The van der Waals surface area contributed by atoms with E-state index in [0.29, 0.717) is 33.7 Å². The van der Waals surface area contributed by atoms with Crippen molar-refractivity contribution in [3.8, 4) is 17.5 Å². The van der Waals surface area contributed by atoms with Crippen LogP contribution in [0, 0.1) is 11.3 Å². The second-order valence-corrected chi connectivity index (χ2v) is 6.34. The molecule has 146 valence electrons. The summed E-state index contributed by atoms with van der Waals surface area (Å²) in [6.07, 6.45) is 3.06. The quantitative estimate of drug-likeness (QED) is 0.548. The summed E-state index contributed by atoms with van der Waals surface area (Å²) in [5.74, 6) is 0.920. The molecule has 30 heavy (non-hydrogen) atoms. The zero-order chi connectivity index (χ0) is 21.1. The lowest BCUT2D eigenvalue weighted by atomic mass is 10.1. The standard InChI is InChI=1S/C23H17N5O2/c1-3-16-17(13-24)22(29)28(15-9-5-4-6-10-15)21-18(16)14-25-23(27-21)26-19-11-7-8-12-20(19)30-2/h3-12,14H,1H2,2H3,(H,25,26,27). The van der Waals surface area contributed by atoms with Gasteiger partial charge < -0.3 is 10.1 Å². The van der Waals surface area contributed by atoms with Crippen LogP contribution in [0.5, 0.6) is 5.75 Å². The van der Waals surface area contributed by atoms with E-state index in [1.165, 1.54) is 10.6 Å². The Morgan fingerprint density at radius 2 is 1.90 bits per heavy atom. The number of ether oxygens (including phenoxy) is 1. The summed E-state index contributed by atoms with van der Waals surface area (Å²) >= 11 is 0. The molecule has 0 saturated carbocycles. The Morgan fingerprint density at radius 3 is 2.60 bits per heavy atom. The normalized spacial score (nSPS) is 10.4. The largest absolute Gasteiger partial charge is 0.495 e. The van der Waals surface area contributed by atoms with Gasteiger partial charge in [0.05, 0.1) is 18.5 Å². The van der Waals surface area contributed by atoms with Crippen LogP contribution >= 0.6 is 0 Å². The minimum Gasteiger partial charge on any atom is -0.495 e. The summed E-state index contributed by atoms with van der Waals surface area (Å²) in [7, 11) is 1.58. The fourth-order valence-electron chi connectivity index (χ4n) is 3.26. The summed E-state index contributed by atoms with van der Waals surface area (Å²) in [6.45, 7) is 3.76. The maximum Gasteiger partial charge on any atom is 0.275 e. The number of rotatable bonds is 5. The van der Waals surface area contributed by atoms with Gasteiger partial charge >= 0.3 is 0 Å². The molecule has 4 rings (SSSR count). The van der Waals surface area contributed by atoms with E-state index in [1.54, 1.807) is 25.4 Å². The van der Waals surface area contributed by atoms with Crippen molar-refractivity contribution < 1.29 is 4.74 Å². The van der Waals surface area contributed by atoms with Crippen molar-refractivity contribution in [2.24, 2.45) is 0 Å². The predicted octanol–water partition coefficient (Wildman–Crippen LogP) is 4.05. The number of pyridine rings is 1. The highest BCUT2D eigenvalue weighted by molar-refractivity contribution is 5.89. The fourth-order valence-corrected chi connectivity index (χ4v) is 3.26. The minimum absolute atomic E-state index is 0.00427. The first-order valence-electron chi connectivity index (χ1n) is 9.11. The summed E-state index contributed by atoms with van der Waals surface area (Å²) in [4.78, 5) is 22.1. The lowest BCUT2D eigenvalue weighted by molar-refractivity contribution is 0.417. The lowest BCUT2D eigenvalue weighted by Crippen LogP contribution is -2.24. The van der Waals surface area contributed by atoms with Crippen molar-refractivity contribution in [2.45, 2.75) is 0 Å². The van der Waals surface area contributed by atoms with Crippen LogP contribution in [0.25, 0.3) is 22.8 Å². The molecule has 2 aromatic carbocycles. The fraction of sp³-hybridized carbons (Fsp3) is 0.0435. The molecule has 0 bridgehead atoms. The van der Waals surface area contributed by atoms with E-state index in [4.69, 9.17) is 4.74 Å². The van der Waals surface area contributed by atoms with Crippen LogP contribution in [0.1, 0.15) is 11.1 Å². The summed E-state index contributed by atoms with van der Waals surface area (Å²) in [6, 6.07) is 18.4. The van der Waals surface area contributed by atoms with Gasteiger partial charge in [-0.15, -0.1) is 0 Å². The highest BCUT2D eigenvalue weighted by atomic mass is 16.5. The van der Waals surface area contributed by atoms with E-state index >= 15 is 0 Å². The van der Waals surface area contributed by atoms with Gasteiger partial charge in [-0.3, -0.25) is 9.36 Å². The Balaban J connectivity index is 2.00. The number of methoxy groups -OCH3 is 1. The van der Waals surface area contributed by atoms with Crippen molar-refractivity contribution in [1.29, 1.82) is 5.26 Å². The Morgan fingerprint density at radius 1 is 1.17 bits per heavy atom. The number of fused-ring (bicyclic) bond motifs is 1. The van der Waals surface area contributed by atoms with Gasteiger partial charge in [0, 0.05) is 17.1 Å². The van der Waals surface area contributed by atoms with E-state index in [1.807, 2.05) is 48.5 Å². The lowest BCUT2D eigenvalue weighted by Gasteiger charge is -2.14. The first-order valence-corrected chi connectivity index (χ1v) is 9.11. The van der Waals surface area contributed by atoms with Crippen molar-refractivity contribution in [1.82, 2.24) is 14.5 Å². The zero-order valence-electron chi connectivity index (χ0n) is 16.2. The number of para-hydroxylation sites is 3. The molecule has 0 atom stereocenters. The molecular weight excluding hydrogens is 378 g/mol. The molecule has 4 aromatic rings. The molecular formula is C23H17N5O2. The second-order valence-electron chi connectivity index (χ2n) is 6.34. The van der Waals surface area contributed by atoms with Gasteiger partial charge in [-0.25, -0.2) is 4.98 Å². The van der Waals surface area contributed by atoms with Crippen LogP contribution in [0.2, 0.25) is 0 Å². The van der Waals surface area contributed by atoms with Gasteiger partial charge in [0.2, 0.25) is 5.95 Å². The summed E-state index contributed by atoms with van der Waals surface area (Å²) < 4.78 is 6.77. The topological polar surface area (TPSA) is 92.8 Å². The molecule has 1 N–H and O–H groups in total. The molecule has 0 aliphatic heterocycles. The highest BCUT2D eigenvalue weighted by Gasteiger charge is 2.18. The molecule has 0 spiro atoms. The zero-order valence-corrected chi connectivity index (χ0v) is 16.2. The van der Waals surface area contributed by atoms with Gasteiger partial charge in [0.25, 0.3) is 5.56 Å². The number of hydrogen-bond acceptors (Lipinski definition) is 6. The highest BCUT2D eigenvalue weighted by Crippen LogP contribution is 2.27. The number of nitrogens with zero attached hydrogens (tertiary/aromatic N) is 4. The third-order valence-electron chi connectivity index (χ3n) is 4.64. The monoisotopic (exact) mass is 395 g/mol. The van der Waals surface area contributed by atoms with E-state index < -0.39 is 5.56 Å². The van der Waals surface area contributed by atoms with Gasteiger partial charge in [0.1, 0.15) is 17.4 Å². The maximum absolute atomic E-state index is 13.2. The first-order chi connectivity index (χ1) is 14.7. The third-order valence-corrected chi connectivity index (χ3v) is 4.64. The number of nitriles is 1. The number of nitrogens with one attached hydrogen (secondary N) is 1. The maximum atomic E-state index is 13.2. The summed E-state index contributed by atoms with van der Waals surface area (Å²) in [5, 5.41) is 13.3. The number of hydrogen-bond donors (Lipinski definition) is 1. The van der Waals surface area contributed by atoms with E-state index in [-0.39, 0.29) is 11.5 Å². The first kappa shape index (κ1) is 18.9. The molecule has 0 saturated heterocycles. The molecule has 7 heteroatoms. The SMILES string of the molecule is C=Cc1c(C#N)c(=O)n(-c2ccccc2)c2nc(Nc3ccccc3OC)ncc12. The van der Waals surface area contributed by atoms with Crippen LogP contribution in [-0.4, -0.2) is 21.6 Å². The molecule has 0 radical (unpaired) electrons. The molecule has 2 aromatic heterocycles. The van der Waals surface area contributed by atoms with E-state index in [0.717, 1.165) is 0 Å². The van der Waals surface area contributed by atoms with Gasteiger partial charge in [0.15, 0.2) is 5.65 Å². The van der Waals surface area contributed by atoms with Crippen molar-refractivity contribution in [2.75, 3.05) is 12.4 Å². The third kappa shape index (κ3) is 3.16. The minimum atomic E-state index is -0.465. The molecule has 0 fully saturated rings. The Labute approximate surface area is 172 Å². The van der Waals surface area contributed by atoms with Crippen LogP contribution in [0.15, 0.2) is 72.2 Å². The van der Waals surface area contributed by atoms with Crippen LogP contribution in [0.3, 0.4) is 0 Å². The molecule has 0 aliphatic carbocycles. The number of aromatic nitrogens is 3. The average molecular weight is 395 g/mol. The van der Waals surface area contributed by atoms with Crippen LogP contribution in [0.4, 0.5) is 11.6 Å². The van der Waals surface area contributed by atoms with Crippen molar-refractivity contribution >= 4 is 28.7 Å². The molecule has 0 amide bonds. The number of anilines is 2. The second kappa shape index (κ2) is 7.89. The number of benzene rings is 2. The van der Waals surface area contributed by atoms with Crippen LogP contribution in [-0.2, 0) is 0 Å². The molecule has 2 heterocycles.